The van der Waals surface area contributed by atoms with Gasteiger partial charge >= 0.3 is 0 Å². The van der Waals surface area contributed by atoms with Crippen LogP contribution in [0.3, 0.4) is 0 Å². The number of hydrogen-bond acceptors (Lipinski definition) is 0. The fourth-order valence-electron chi connectivity index (χ4n) is 3.91. The highest BCUT2D eigenvalue weighted by Gasteiger charge is 2.01. The van der Waals surface area contributed by atoms with Crippen LogP contribution in [0.15, 0.2) is 24.3 Å². The molecule has 1 aromatic rings. The lowest BCUT2D eigenvalue weighted by Crippen LogP contribution is -3.00. The summed E-state index contributed by atoms with van der Waals surface area (Å²) in [6, 6.07) is 9.25. The molecule has 1 rings (SSSR count). The molecule has 0 spiro atoms. The summed E-state index contributed by atoms with van der Waals surface area (Å²) in [5, 5.41) is 4.99. The quantitative estimate of drug-likeness (QED) is 0.242. The highest BCUT2D eigenvalue weighted by atomic mass is 35.5. The third kappa shape index (κ3) is 19.7. The van der Waals surface area contributed by atoms with Crippen LogP contribution in [0.5, 0.6) is 0 Å². The Kier molecular flexibility index (Phi) is 26.6. The topological polar surface area (TPSA) is 33.2 Å². The normalized spacial score (nSPS) is 10.5. The van der Waals surface area contributed by atoms with Crippen molar-refractivity contribution in [1.29, 1.82) is 0 Å². The van der Waals surface area contributed by atoms with Crippen molar-refractivity contribution < 1.29 is 35.4 Å². The average molecular weight is 462 g/mol. The zero-order valence-electron chi connectivity index (χ0n) is 19.9. The van der Waals surface area contributed by atoms with Gasteiger partial charge in [0.15, 0.2) is 0 Å². The third-order valence-electron chi connectivity index (χ3n) is 5.78. The summed E-state index contributed by atoms with van der Waals surface area (Å²) in [5.74, 6) is 0. The van der Waals surface area contributed by atoms with Gasteiger partial charge in [-0.05, 0) is 31.7 Å². The number of benzene rings is 1. The van der Waals surface area contributed by atoms with E-state index < -0.39 is 0 Å². The van der Waals surface area contributed by atoms with Gasteiger partial charge in [0.05, 0.1) is 13.1 Å². The van der Waals surface area contributed by atoms with Crippen molar-refractivity contribution in [3.63, 3.8) is 0 Å². The lowest BCUT2D eigenvalue weighted by molar-refractivity contribution is -0.671. The van der Waals surface area contributed by atoms with E-state index in [0.29, 0.717) is 0 Å². The summed E-state index contributed by atoms with van der Waals surface area (Å²) in [4.78, 5) is 0. The van der Waals surface area contributed by atoms with Gasteiger partial charge in [0.25, 0.3) is 0 Å². The number of hydrogen-bond donors (Lipinski definition) is 2. The van der Waals surface area contributed by atoms with Crippen LogP contribution in [0.2, 0.25) is 0 Å². The molecule has 0 aliphatic carbocycles. The molecule has 0 aliphatic heterocycles. The molecule has 1 aromatic carbocycles. The third-order valence-corrected chi connectivity index (χ3v) is 5.78. The first-order valence-electron chi connectivity index (χ1n) is 12.6. The van der Waals surface area contributed by atoms with Gasteiger partial charge in [-0.3, -0.25) is 0 Å². The van der Waals surface area contributed by atoms with E-state index in [4.69, 9.17) is 0 Å². The predicted octanol–water partition coefficient (Wildman–Crippen LogP) is -0.677. The zero-order chi connectivity index (χ0) is 20.1. The molecule has 0 saturated heterocycles. The van der Waals surface area contributed by atoms with Crippen LogP contribution < -0.4 is 35.4 Å². The van der Waals surface area contributed by atoms with E-state index in [1.165, 1.54) is 114 Å². The Bertz CT molecular complexity index is 417. The smallest absolute Gasteiger partial charge is 0.101 e. The molecule has 0 unspecified atom stereocenters. The van der Waals surface area contributed by atoms with Gasteiger partial charge in [0.2, 0.25) is 0 Å². The van der Waals surface area contributed by atoms with Crippen molar-refractivity contribution >= 4 is 0 Å². The van der Waals surface area contributed by atoms with Gasteiger partial charge in [-0.2, -0.15) is 0 Å². The number of halogens is 2. The highest BCUT2D eigenvalue weighted by Crippen LogP contribution is 2.07. The second-order valence-electron chi connectivity index (χ2n) is 8.63. The van der Waals surface area contributed by atoms with Crippen molar-refractivity contribution in [2.24, 2.45) is 0 Å². The van der Waals surface area contributed by atoms with E-state index in [1.807, 2.05) is 0 Å². The summed E-state index contributed by atoms with van der Waals surface area (Å²) in [5.41, 5.74) is 2.98. The number of quaternary nitrogens is 2. The fraction of sp³-hybridized carbons (Fsp3) is 0.769. The maximum atomic E-state index is 2.49. The SMILES string of the molecule is CCCCCCCCC[NH2+]Cc1cccc(C[NH2+]CCCCCCCCC)c1.[Cl-].[Cl-]. The first-order chi connectivity index (χ1) is 13.9. The molecule has 0 heterocycles. The van der Waals surface area contributed by atoms with Crippen LogP contribution in [-0.4, -0.2) is 13.1 Å². The van der Waals surface area contributed by atoms with Gasteiger partial charge in [0, 0.05) is 11.1 Å². The van der Waals surface area contributed by atoms with E-state index >= 15 is 0 Å². The summed E-state index contributed by atoms with van der Waals surface area (Å²) in [6.45, 7) is 9.42. The molecule has 0 amide bonds. The lowest BCUT2D eigenvalue weighted by Gasteiger charge is -2.06. The second-order valence-corrected chi connectivity index (χ2v) is 8.63. The van der Waals surface area contributed by atoms with Crippen molar-refractivity contribution in [2.75, 3.05) is 13.1 Å². The minimum absolute atomic E-state index is 0. The Morgan fingerprint density at radius 3 is 1.30 bits per heavy atom. The maximum absolute atomic E-state index is 2.49. The molecule has 0 aliphatic rings. The van der Waals surface area contributed by atoms with Crippen LogP contribution in [0, 0.1) is 0 Å². The molecule has 0 atom stereocenters. The molecular formula is C26H50Cl2N2. The largest absolute Gasteiger partial charge is 1.00 e. The molecule has 30 heavy (non-hydrogen) atoms. The van der Waals surface area contributed by atoms with E-state index in [2.05, 4.69) is 48.7 Å². The Morgan fingerprint density at radius 2 is 0.900 bits per heavy atom. The number of unbranched alkanes of at least 4 members (excludes halogenated alkanes) is 12. The van der Waals surface area contributed by atoms with Crippen LogP contribution >= 0.6 is 0 Å². The van der Waals surface area contributed by atoms with Crippen molar-refractivity contribution in [2.45, 2.75) is 117 Å². The Morgan fingerprint density at radius 1 is 0.533 bits per heavy atom. The van der Waals surface area contributed by atoms with E-state index in [1.54, 1.807) is 0 Å². The van der Waals surface area contributed by atoms with E-state index in [-0.39, 0.29) is 24.8 Å². The molecule has 0 fully saturated rings. The van der Waals surface area contributed by atoms with Crippen molar-refractivity contribution in [3.8, 4) is 0 Å². The molecule has 0 saturated carbocycles. The average Bonchev–Trinajstić information content (AvgIpc) is 2.72. The number of nitrogens with two attached hydrogens (primary N) is 2. The molecule has 0 aromatic heterocycles. The fourth-order valence-corrected chi connectivity index (χ4v) is 3.91. The molecule has 4 heteroatoms. The highest BCUT2D eigenvalue weighted by molar-refractivity contribution is 5.21. The van der Waals surface area contributed by atoms with Crippen molar-refractivity contribution in [1.82, 2.24) is 0 Å². The molecule has 0 radical (unpaired) electrons. The predicted molar refractivity (Wildman–Crippen MR) is 123 cm³/mol. The number of rotatable bonds is 20. The van der Waals surface area contributed by atoms with Crippen LogP contribution in [0.4, 0.5) is 0 Å². The van der Waals surface area contributed by atoms with Crippen LogP contribution in [0.1, 0.15) is 115 Å². The van der Waals surface area contributed by atoms with Gasteiger partial charge in [-0.25, -0.2) is 0 Å². The van der Waals surface area contributed by atoms with Gasteiger partial charge in [-0.15, -0.1) is 0 Å². The molecule has 4 N–H and O–H groups in total. The monoisotopic (exact) mass is 460 g/mol. The van der Waals surface area contributed by atoms with Crippen molar-refractivity contribution in [3.05, 3.63) is 35.4 Å². The minimum atomic E-state index is 0. The Labute approximate surface area is 200 Å². The summed E-state index contributed by atoms with van der Waals surface area (Å²) >= 11 is 0. The van der Waals surface area contributed by atoms with Crippen LogP contribution in [-0.2, 0) is 13.1 Å². The van der Waals surface area contributed by atoms with Gasteiger partial charge in [0.1, 0.15) is 13.1 Å². The summed E-state index contributed by atoms with van der Waals surface area (Å²) < 4.78 is 0. The van der Waals surface area contributed by atoms with Gasteiger partial charge in [-0.1, -0.05) is 96.3 Å². The first-order valence-corrected chi connectivity index (χ1v) is 12.6. The van der Waals surface area contributed by atoms with E-state index in [0.717, 1.165) is 13.1 Å². The maximum Gasteiger partial charge on any atom is 0.101 e. The minimum Gasteiger partial charge on any atom is -1.00 e. The standard InChI is InChI=1S/C26H48N2.2ClH/c1-3-5-7-9-11-13-15-20-27-23-25-18-17-19-26(22-25)24-28-21-16-14-12-10-8-6-4-2;;/h17-19,22,27-28H,3-16,20-21,23-24H2,1-2H3;2*1H. The van der Waals surface area contributed by atoms with Crippen LogP contribution in [0.25, 0.3) is 0 Å². The zero-order valence-corrected chi connectivity index (χ0v) is 21.5. The van der Waals surface area contributed by atoms with E-state index in [9.17, 15) is 0 Å². The summed E-state index contributed by atoms with van der Waals surface area (Å²) in [7, 11) is 0. The Hall–Kier alpha value is -0.280. The molecule has 0 bridgehead atoms. The second kappa shape index (κ2) is 25.0. The lowest BCUT2D eigenvalue weighted by atomic mass is 10.1. The molecule has 178 valence electrons. The first kappa shape index (κ1) is 31.9. The Balaban J connectivity index is 0. The van der Waals surface area contributed by atoms with Gasteiger partial charge < -0.3 is 35.4 Å². The molecular weight excluding hydrogens is 411 g/mol. The summed E-state index contributed by atoms with van der Waals surface area (Å²) in [6.07, 6.45) is 19.7. The molecule has 2 nitrogen and oxygen atoms in total.